The van der Waals surface area contributed by atoms with Crippen LogP contribution in [0.25, 0.3) is 0 Å². The molecule has 0 unspecified atom stereocenters. The molecule has 1 heterocycles. The monoisotopic (exact) mass is 179 g/mol. The molecule has 0 aliphatic carbocycles. The number of nitrogens with two attached hydrogens (primary N) is 1. The Morgan fingerprint density at radius 3 is 2.60 bits per heavy atom. The fourth-order valence-corrected chi connectivity index (χ4v) is 0.666. The number of hydrogen-bond acceptors (Lipinski definition) is 5. The van der Waals surface area contributed by atoms with E-state index < -0.39 is 0 Å². The number of nitrogens with zero attached hydrogens (tertiary/aromatic N) is 4. The molecule has 0 saturated heterocycles. The highest BCUT2D eigenvalue weighted by Crippen LogP contribution is 2.20. The fraction of sp³-hybridized carbons (Fsp3) is 0. The average Bonchev–Trinajstić information content (AvgIpc) is 1.88. The van der Waals surface area contributed by atoms with Gasteiger partial charge in [0.1, 0.15) is 0 Å². The molecular formula is C3H3Cl2N5. The summed E-state index contributed by atoms with van der Waals surface area (Å²) in [5.74, 6) is 0.179. The highest BCUT2D eigenvalue weighted by atomic mass is 35.5. The predicted octanol–water partition coefficient (Wildman–Crippen LogP) is 0.568. The Morgan fingerprint density at radius 1 is 1.50 bits per heavy atom. The maximum absolute atomic E-state index is 5.35. The van der Waals surface area contributed by atoms with Gasteiger partial charge in [0.2, 0.25) is 5.82 Å². The second kappa shape index (κ2) is 2.85. The first-order valence-electron chi connectivity index (χ1n) is 2.27. The van der Waals surface area contributed by atoms with E-state index in [9.17, 15) is 0 Å². The van der Waals surface area contributed by atoms with Gasteiger partial charge in [0.25, 0.3) is 0 Å². The van der Waals surface area contributed by atoms with Gasteiger partial charge in [0.15, 0.2) is 0 Å². The smallest absolute Gasteiger partial charge is 0.207 e. The van der Waals surface area contributed by atoms with Crippen molar-refractivity contribution in [3.63, 3.8) is 0 Å². The molecule has 54 valence electrons. The van der Waals surface area contributed by atoms with Crippen LogP contribution >= 0.6 is 23.6 Å². The highest BCUT2D eigenvalue weighted by molar-refractivity contribution is 6.49. The maximum atomic E-state index is 5.35. The first-order chi connectivity index (χ1) is 4.72. The molecule has 2 N–H and O–H groups in total. The third-order valence-electron chi connectivity index (χ3n) is 0.806. The van der Waals surface area contributed by atoms with E-state index in [-0.39, 0.29) is 11.5 Å². The molecule has 1 rings (SSSR count). The van der Waals surface area contributed by atoms with Gasteiger partial charge >= 0.3 is 0 Å². The molecule has 5 nitrogen and oxygen atoms in total. The molecular weight excluding hydrogens is 177 g/mol. The Hall–Kier alpha value is -0.810. The minimum atomic E-state index is 0.179. The van der Waals surface area contributed by atoms with Crippen LogP contribution in [0.4, 0.5) is 11.5 Å². The van der Waals surface area contributed by atoms with Gasteiger partial charge in [-0.3, -0.25) is 0 Å². The zero-order valence-corrected chi connectivity index (χ0v) is 6.21. The second-order valence-corrected chi connectivity index (χ2v) is 2.30. The van der Waals surface area contributed by atoms with Crippen LogP contribution in [0.1, 0.15) is 0 Å². The summed E-state index contributed by atoms with van der Waals surface area (Å²) >= 11 is 10.6. The molecule has 0 atom stereocenters. The summed E-state index contributed by atoms with van der Waals surface area (Å²) in [6.45, 7) is 0. The van der Waals surface area contributed by atoms with E-state index in [2.05, 4.69) is 15.4 Å². The number of halogens is 2. The average molecular weight is 180 g/mol. The molecule has 0 radical (unpaired) electrons. The van der Waals surface area contributed by atoms with Gasteiger partial charge in [-0.1, -0.05) is 0 Å². The number of nitrogen functional groups attached to an aromatic ring is 1. The minimum absolute atomic E-state index is 0.179. The number of rotatable bonds is 1. The first-order valence-corrected chi connectivity index (χ1v) is 2.95. The summed E-state index contributed by atoms with van der Waals surface area (Å²) in [5, 5.41) is 10.1. The lowest BCUT2D eigenvalue weighted by Gasteiger charge is -2.03. The molecule has 10 heavy (non-hydrogen) atoms. The van der Waals surface area contributed by atoms with Crippen molar-refractivity contribution in [2.45, 2.75) is 0 Å². The molecule has 0 spiro atoms. The summed E-state index contributed by atoms with van der Waals surface area (Å²) < 4.78 is 0.726. The van der Waals surface area contributed by atoms with E-state index in [1.807, 2.05) is 0 Å². The van der Waals surface area contributed by atoms with Crippen LogP contribution in [-0.2, 0) is 0 Å². The molecule has 0 bridgehead atoms. The number of hydrogen-bond donors (Lipinski definition) is 1. The van der Waals surface area contributed by atoms with Gasteiger partial charge in [0.05, 0.1) is 11.9 Å². The molecule has 0 amide bonds. The van der Waals surface area contributed by atoms with E-state index in [1.165, 1.54) is 6.20 Å². The Labute approximate surface area is 67.0 Å². The Balaban J connectivity index is 3.03. The molecule has 7 heteroatoms. The molecule has 1 aromatic heterocycles. The second-order valence-electron chi connectivity index (χ2n) is 1.45. The van der Waals surface area contributed by atoms with Crippen molar-refractivity contribution in [2.24, 2.45) is 0 Å². The minimum Gasteiger partial charge on any atom is -0.394 e. The number of anilines is 2. The van der Waals surface area contributed by atoms with Crippen LogP contribution < -0.4 is 9.67 Å². The predicted molar refractivity (Wildman–Crippen MR) is 38.4 cm³/mol. The van der Waals surface area contributed by atoms with Crippen LogP contribution in [0, 0.1) is 0 Å². The summed E-state index contributed by atoms with van der Waals surface area (Å²) in [4.78, 5) is 0. The number of aromatic nitrogens is 3. The SMILES string of the molecule is Nc1cnnnc1N(Cl)Cl. The summed E-state index contributed by atoms with van der Waals surface area (Å²) in [6, 6.07) is 0. The van der Waals surface area contributed by atoms with Crippen LogP contribution in [0.5, 0.6) is 0 Å². The van der Waals surface area contributed by atoms with Gasteiger partial charge in [-0.2, -0.15) is 3.94 Å². The zero-order valence-electron chi connectivity index (χ0n) is 4.70. The normalized spacial score (nSPS) is 9.40. The summed E-state index contributed by atoms with van der Waals surface area (Å²) in [6.07, 6.45) is 1.31. The van der Waals surface area contributed by atoms with Crippen molar-refractivity contribution in [3.8, 4) is 0 Å². The molecule has 0 aliphatic heterocycles. The van der Waals surface area contributed by atoms with Gasteiger partial charge in [-0.25, -0.2) is 0 Å². The lowest BCUT2D eigenvalue weighted by Crippen LogP contribution is -2.03. The van der Waals surface area contributed by atoms with Crippen molar-refractivity contribution >= 4 is 35.1 Å². The standard InChI is InChI=1S/C3H3Cl2N5/c4-10(5)3-2(6)1-7-9-8-3/h1H,(H2,6,9). The van der Waals surface area contributed by atoms with E-state index in [0.29, 0.717) is 0 Å². The summed E-state index contributed by atoms with van der Waals surface area (Å²) in [5.41, 5.74) is 5.62. The van der Waals surface area contributed by atoms with Gasteiger partial charge in [-0.05, 0) is 5.21 Å². The maximum Gasteiger partial charge on any atom is 0.207 e. The molecule has 0 saturated carbocycles. The van der Waals surface area contributed by atoms with E-state index in [0.717, 1.165) is 3.94 Å². The molecule has 0 fully saturated rings. The molecule has 0 aromatic carbocycles. The van der Waals surface area contributed by atoms with Crippen LogP contribution in [0.3, 0.4) is 0 Å². The Kier molecular flexibility index (Phi) is 2.08. The molecule has 0 aliphatic rings. The van der Waals surface area contributed by atoms with Gasteiger partial charge in [-0.15, -0.1) is 10.2 Å². The largest absolute Gasteiger partial charge is 0.394 e. The quantitative estimate of drug-likeness (QED) is 0.639. The van der Waals surface area contributed by atoms with Gasteiger partial charge < -0.3 is 5.73 Å². The lowest BCUT2D eigenvalue weighted by atomic mass is 10.5. The van der Waals surface area contributed by atoms with Crippen molar-refractivity contribution < 1.29 is 0 Å². The first kappa shape index (κ1) is 7.30. The highest BCUT2D eigenvalue weighted by Gasteiger charge is 2.05. The van der Waals surface area contributed by atoms with E-state index >= 15 is 0 Å². The van der Waals surface area contributed by atoms with Crippen LogP contribution in [0.15, 0.2) is 6.20 Å². The van der Waals surface area contributed by atoms with Gasteiger partial charge in [0, 0.05) is 23.6 Å². The Morgan fingerprint density at radius 2 is 2.20 bits per heavy atom. The van der Waals surface area contributed by atoms with Crippen molar-refractivity contribution in [1.82, 2.24) is 15.4 Å². The molecule has 1 aromatic rings. The third-order valence-corrected chi connectivity index (χ3v) is 1.13. The zero-order chi connectivity index (χ0) is 7.56. The van der Waals surface area contributed by atoms with E-state index in [1.54, 1.807) is 0 Å². The van der Waals surface area contributed by atoms with Crippen molar-refractivity contribution in [3.05, 3.63) is 6.20 Å². The fourth-order valence-electron chi connectivity index (χ4n) is 0.403. The topological polar surface area (TPSA) is 67.9 Å². The van der Waals surface area contributed by atoms with Crippen molar-refractivity contribution in [2.75, 3.05) is 9.67 Å². The van der Waals surface area contributed by atoms with Crippen molar-refractivity contribution in [1.29, 1.82) is 0 Å². The van der Waals surface area contributed by atoms with Crippen LogP contribution in [-0.4, -0.2) is 15.4 Å². The van der Waals surface area contributed by atoms with E-state index in [4.69, 9.17) is 29.3 Å². The lowest BCUT2D eigenvalue weighted by molar-refractivity contribution is 0.871. The Bertz CT molecular complexity index is 226. The summed E-state index contributed by atoms with van der Waals surface area (Å²) in [7, 11) is 0. The third kappa shape index (κ3) is 1.37. The van der Waals surface area contributed by atoms with Crippen LogP contribution in [0.2, 0.25) is 0 Å².